The molecule has 3 atom stereocenters. The second kappa shape index (κ2) is 5.85. The van der Waals surface area contributed by atoms with Gasteiger partial charge in [0.05, 0.1) is 0 Å². The Hall–Kier alpha value is -0.570. The zero-order chi connectivity index (χ0) is 12.3. The molecule has 0 spiro atoms. The lowest BCUT2D eigenvalue weighted by atomic mass is 9.78. The van der Waals surface area contributed by atoms with Gasteiger partial charge in [0.2, 0.25) is 5.91 Å². The molecule has 0 aromatic heterocycles. The van der Waals surface area contributed by atoms with Crippen LogP contribution in [0.4, 0.5) is 0 Å². The Kier molecular flexibility index (Phi) is 4.43. The van der Waals surface area contributed by atoms with Gasteiger partial charge in [-0.2, -0.15) is 0 Å². The number of amides is 1. The number of carbonyl (C=O) groups excluding carboxylic acids is 1. The van der Waals surface area contributed by atoms with Crippen molar-refractivity contribution in [1.29, 1.82) is 0 Å². The molecule has 3 nitrogen and oxygen atoms in total. The SMILES string of the molecule is CC1CCCC(NCCNC(=O)C2CC2)C1C. The van der Waals surface area contributed by atoms with E-state index in [4.69, 9.17) is 0 Å². The minimum absolute atomic E-state index is 0.261. The molecule has 0 bridgehead atoms. The van der Waals surface area contributed by atoms with Crippen molar-refractivity contribution < 1.29 is 4.79 Å². The Balaban J connectivity index is 1.59. The van der Waals surface area contributed by atoms with Crippen LogP contribution in [0.2, 0.25) is 0 Å². The molecule has 0 aromatic rings. The lowest BCUT2D eigenvalue weighted by Gasteiger charge is -2.34. The number of hydrogen-bond acceptors (Lipinski definition) is 2. The third-order valence-electron chi connectivity index (χ3n) is 4.49. The molecule has 2 aliphatic carbocycles. The molecule has 2 N–H and O–H groups in total. The van der Waals surface area contributed by atoms with Crippen molar-refractivity contribution in [3.63, 3.8) is 0 Å². The molecule has 17 heavy (non-hydrogen) atoms. The van der Waals surface area contributed by atoms with E-state index < -0.39 is 0 Å². The van der Waals surface area contributed by atoms with Gasteiger partial charge < -0.3 is 10.6 Å². The highest BCUT2D eigenvalue weighted by Crippen LogP contribution is 2.29. The first-order chi connectivity index (χ1) is 8.18. The second-order valence-corrected chi connectivity index (χ2v) is 5.89. The average molecular weight is 238 g/mol. The van der Waals surface area contributed by atoms with Crippen molar-refractivity contribution in [2.75, 3.05) is 13.1 Å². The van der Waals surface area contributed by atoms with E-state index in [-0.39, 0.29) is 5.91 Å². The van der Waals surface area contributed by atoms with Gasteiger partial charge in [0, 0.05) is 25.0 Å². The maximum atomic E-state index is 11.4. The number of hydrogen-bond donors (Lipinski definition) is 2. The van der Waals surface area contributed by atoms with Crippen LogP contribution < -0.4 is 10.6 Å². The fraction of sp³-hybridized carbons (Fsp3) is 0.929. The van der Waals surface area contributed by atoms with Crippen molar-refractivity contribution in [3.8, 4) is 0 Å². The summed E-state index contributed by atoms with van der Waals surface area (Å²) >= 11 is 0. The third kappa shape index (κ3) is 3.70. The van der Waals surface area contributed by atoms with Crippen LogP contribution in [-0.4, -0.2) is 25.0 Å². The van der Waals surface area contributed by atoms with Crippen LogP contribution >= 0.6 is 0 Å². The molecular weight excluding hydrogens is 212 g/mol. The monoisotopic (exact) mass is 238 g/mol. The average Bonchev–Trinajstić information content (AvgIpc) is 3.13. The van der Waals surface area contributed by atoms with E-state index in [0.717, 1.165) is 37.8 Å². The Labute approximate surface area is 105 Å². The highest BCUT2D eigenvalue weighted by Gasteiger charge is 2.29. The number of rotatable bonds is 5. The molecule has 2 rings (SSSR count). The lowest BCUT2D eigenvalue weighted by Crippen LogP contribution is -2.44. The van der Waals surface area contributed by atoms with Crippen LogP contribution in [0.1, 0.15) is 46.0 Å². The normalized spacial score (nSPS) is 33.4. The van der Waals surface area contributed by atoms with Gasteiger partial charge in [-0.15, -0.1) is 0 Å². The van der Waals surface area contributed by atoms with E-state index in [1.807, 2.05) is 0 Å². The van der Waals surface area contributed by atoms with Crippen molar-refractivity contribution >= 4 is 5.91 Å². The molecule has 2 saturated carbocycles. The predicted octanol–water partition coefficient (Wildman–Crippen LogP) is 1.93. The van der Waals surface area contributed by atoms with Crippen LogP contribution in [0.5, 0.6) is 0 Å². The summed E-state index contributed by atoms with van der Waals surface area (Å²) < 4.78 is 0. The summed E-state index contributed by atoms with van der Waals surface area (Å²) in [6.07, 6.45) is 6.20. The summed E-state index contributed by atoms with van der Waals surface area (Å²) in [5.74, 6) is 2.20. The summed E-state index contributed by atoms with van der Waals surface area (Å²) in [5.41, 5.74) is 0. The highest BCUT2D eigenvalue weighted by molar-refractivity contribution is 5.80. The minimum atomic E-state index is 0.261. The standard InChI is InChI=1S/C14H26N2O/c1-10-4-3-5-13(11(10)2)15-8-9-16-14(17)12-6-7-12/h10-13,15H,3-9H2,1-2H3,(H,16,17). The van der Waals surface area contributed by atoms with Gasteiger partial charge in [-0.25, -0.2) is 0 Å². The Morgan fingerprint density at radius 1 is 1.12 bits per heavy atom. The van der Waals surface area contributed by atoms with Crippen molar-refractivity contribution in [3.05, 3.63) is 0 Å². The van der Waals surface area contributed by atoms with Crippen molar-refractivity contribution in [2.45, 2.75) is 52.0 Å². The summed E-state index contributed by atoms with van der Waals surface area (Å²) in [5, 5.41) is 6.61. The molecule has 98 valence electrons. The maximum Gasteiger partial charge on any atom is 0.223 e. The summed E-state index contributed by atoms with van der Waals surface area (Å²) in [4.78, 5) is 11.4. The topological polar surface area (TPSA) is 41.1 Å². The van der Waals surface area contributed by atoms with Gasteiger partial charge in [-0.3, -0.25) is 4.79 Å². The van der Waals surface area contributed by atoms with Crippen molar-refractivity contribution in [1.82, 2.24) is 10.6 Å². The molecule has 3 heteroatoms. The molecule has 0 aliphatic heterocycles. The molecular formula is C14H26N2O. The molecule has 2 aliphatic rings. The zero-order valence-corrected chi connectivity index (χ0v) is 11.2. The van der Waals surface area contributed by atoms with E-state index in [1.165, 1.54) is 19.3 Å². The van der Waals surface area contributed by atoms with Crippen molar-refractivity contribution in [2.24, 2.45) is 17.8 Å². The molecule has 0 aromatic carbocycles. The van der Waals surface area contributed by atoms with E-state index in [2.05, 4.69) is 24.5 Å². The van der Waals surface area contributed by atoms with Gasteiger partial charge >= 0.3 is 0 Å². The summed E-state index contributed by atoms with van der Waals surface area (Å²) in [6.45, 7) is 6.41. The van der Waals surface area contributed by atoms with Crippen LogP contribution in [0, 0.1) is 17.8 Å². The predicted molar refractivity (Wildman–Crippen MR) is 69.7 cm³/mol. The Morgan fingerprint density at radius 2 is 1.88 bits per heavy atom. The highest BCUT2D eigenvalue weighted by atomic mass is 16.2. The van der Waals surface area contributed by atoms with Crippen LogP contribution in [0.15, 0.2) is 0 Å². The van der Waals surface area contributed by atoms with Crippen LogP contribution in [-0.2, 0) is 4.79 Å². The molecule has 1 amide bonds. The van der Waals surface area contributed by atoms with E-state index in [0.29, 0.717) is 12.0 Å². The zero-order valence-electron chi connectivity index (χ0n) is 11.2. The van der Waals surface area contributed by atoms with Crippen LogP contribution in [0.3, 0.4) is 0 Å². The van der Waals surface area contributed by atoms with Gasteiger partial charge in [0.1, 0.15) is 0 Å². The fourth-order valence-corrected chi connectivity index (χ4v) is 2.80. The van der Waals surface area contributed by atoms with Gasteiger partial charge in [0.15, 0.2) is 0 Å². The molecule has 0 saturated heterocycles. The van der Waals surface area contributed by atoms with E-state index in [1.54, 1.807) is 0 Å². The molecule has 2 fully saturated rings. The first-order valence-electron chi connectivity index (χ1n) is 7.19. The Morgan fingerprint density at radius 3 is 2.59 bits per heavy atom. The van der Waals surface area contributed by atoms with Gasteiger partial charge in [-0.05, 0) is 31.1 Å². The largest absolute Gasteiger partial charge is 0.355 e. The summed E-state index contributed by atoms with van der Waals surface area (Å²) in [7, 11) is 0. The second-order valence-electron chi connectivity index (χ2n) is 5.89. The smallest absolute Gasteiger partial charge is 0.223 e. The quantitative estimate of drug-likeness (QED) is 0.719. The maximum absolute atomic E-state index is 11.4. The summed E-state index contributed by atoms with van der Waals surface area (Å²) in [6, 6.07) is 0.650. The van der Waals surface area contributed by atoms with E-state index in [9.17, 15) is 4.79 Å². The first kappa shape index (κ1) is 12.9. The fourth-order valence-electron chi connectivity index (χ4n) is 2.80. The van der Waals surface area contributed by atoms with Gasteiger partial charge in [-0.1, -0.05) is 26.7 Å². The Bertz CT molecular complexity index is 263. The number of carbonyl (C=O) groups is 1. The minimum Gasteiger partial charge on any atom is -0.355 e. The first-order valence-corrected chi connectivity index (χ1v) is 7.19. The molecule has 3 unspecified atom stereocenters. The molecule has 0 heterocycles. The van der Waals surface area contributed by atoms with E-state index >= 15 is 0 Å². The molecule has 0 radical (unpaired) electrons. The van der Waals surface area contributed by atoms with Gasteiger partial charge in [0.25, 0.3) is 0 Å². The third-order valence-corrected chi connectivity index (χ3v) is 4.49. The number of nitrogens with one attached hydrogen (secondary N) is 2. The lowest BCUT2D eigenvalue weighted by molar-refractivity contribution is -0.122. The van der Waals surface area contributed by atoms with Crippen LogP contribution in [0.25, 0.3) is 0 Å².